The lowest BCUT2D eigenvalue weighted by atomic mass is 10.1. The Kier molecular flexibility index (Phi) is 5.61. The molecule has 2 rings (SSSR count). The molecule has 10 nitrogen and oxygen atoms in total. The fraction of sp³-hybridized carbons (Fsp3) is 1.00. The largest absolute Gasteiger partial charge is 0.475 e. The van der Waals surface area contributed by atoms with Crippen LogP contribution in [0.2, 0.25) is 0 Å². The minimum atomic E-state index is -4.74. The summed E-state index contributed by atoms with van der Waals surface area (Å²) >= 11 is 0. The summed E-state index contributed by atoms with van der Waals surface area (Å²) in [4.78, 5) is 9.73. The maximum Gasteiger partial charge on any atom is 0.475 e. The Morgan fingerprint density at radius 3 is 2.09 bits per heavy atom. The molecule has 130 valence electrons. The molecular formula is C11H21O10P. The molecule has 0 spiro atoms. The van der Waals surface area contributed by atoms with Crippen LogP contribution in [0.15, 0.2) is 0 Å². The lowest BCUT2D eigenvalue weighted by Gasteiger charge is -2.24. The first kappa shape index (κ1) is 18.2. The van der Waals surface area contributed by atoms with E-state index in [0.29, 0.717) is 0 Å². The Hall–Kier alpha value is -0.130. The Morgan fingerprint density at radius 2 is 1.59 bits per heavy atom. The van der Waals surface area contributed by atoms with Crippen molar-refractivity contribution in [3.8, 4) is 0 Å². The van der Waals surface area contributed by atoms with E-state index in [-0.39, 0.29) is 0 Å². The molecule has 0 bridgehead atoms. The van der Waals surface area contributed by atoms with Crippen LogP contribution in [0.3, 0.4) is 0 Å². The molecule has 9 atom stereocenters. The molecule has 2 aliphatic heterocycles. The van der Waals surface area contributed by atoms with Gasteiger partial charge in [0.2, 0.25) is 0 Å². The first-order valence-electron chi connectivity index (χ1n) is 6.82. The van der Waals surface area contributed by atoms with Crippen molar-refractivity contribution in [2.75, 3.05) is 6.61 Å². The summed E-state index contributed by atoms with van der Waals surface area (Å²) in [7, 11) is -4.74. The molecular weight excluding hydrogens is 323 g/mol. The summed E-state index contributed by atoms with van der Waals surface area (Å²) in [6, 6.07) is 0. The average molecular weight is 344 g/mol. The number of phosphoric ester groups is 1. The number of hydrogen-bond acceptors (Lipinski definition) is 9. The number of aliphatic hydroxyl groups is 4. The molecule has 1 unspecified atom stereocenters. The van der Waals surface area contributed by atoms with E-state index in [9.17, 15) is 24.8 Å². The van der Waals surface area contributed by atoms with E-state index in [0.717, 1.165) is 0 Å². The van der Waals surface area contributed by atoms with Crippen LogP contribution in [0.25, 0.3) is 0 Å². The van der Waals surface area contributed by atoms with Crippen LogP contribution < -0.4 is 0 Å². The van der Waals surface area contributed by atoms with Gasteiger partial charge in [-0.3, -0.25) is 9.05 Å². The average Bonchev–Trinajstić information content (AvgIpc) is 2.83. The normalized spacial score (nSPS) is 48.5. The first-order chi connectivity index (χ1) is 10.2. The minimum absolute atomic E-state index is 0.523. The molecule has 0 saturated carbocycles. The van der Waals surface area contributed by atoms with Gasteiger partial charge < -0.3 is 34.8 Å². The third kappa shape index (κ3) is 3.68. The van der Waals surface area contributed by atoms with Gasteiger partial charge >= 0.3 is 7.82 Å². The van der Waals surface area contributed by atoms with Gasteiger partial charge in [-0.1, -0.05) is 0 Å². The topological polar surface area (TPSA) is 155 Å². The van der Waals surface area contributed by atoms with Gasteiger partial charge in [0.25, 0.3) is 0 Å². The van der Waals surface area contributed by atoms with E-state index in [1.165, 1.54) is 13.8 Å². The summed E-state index contributed by atoms with van der Waals surface area (Å²) in [6.45, 7) is 2.45. The van der Waals surface area contributed by atoms with E-state index in [1.54, 1.807) is 0 Å². The summed E-state index contributed by atoms with van der Waals surface area (Å²) in [5, 5.41) is 38.1. The highest BCUT2D eigenvalue weighted by Gasteiger charge is 2.49. The van der Waals surface area contributed by atoms with Crippen molar-refractivity contribution < 1.29 is 48.4 Å². The second-order valence-corrected chi connectivity index (χ2v) is 6.75. The van der Waals surface area contributed by atoms with Crippen LogP contribution in [0.1, 0.15) is 13.8 Å². The zero-order valence-electron chi connectivity index (χ0n) is 12.1. The van der Waals surface area contributed by atoms with Gasteiger partial charge in [-0.25, -0.2) is 4.57 Å². The fourth-order valence-corrected chi connectivity index (χ4v) is 3.46. The zero-order chi connectivity index (χ0) is 16.7. The number of ether oxygens (including phenoxy) is 2. The van der Waals surface area contributed by atoms with Crippen molar-refractivity contribution in [3.05, 3.63) is 0 Å². The standard InChI is InChI=1S/C11H21O10P/c1-4-7(13)9(15)11(19-4)21-22(16,17)20-10-6(3-12)18-5(2)8(10)14/h4-15H,3H2,1-2H3,(H,16,17)/t4-,5-,6+,7-,8-,9-,10+,11+/m0/s1. The number of rotatable bonds is 5. The maximum atomic E-state index is 12.0. The molecule has 0 radical (unpaired) electrons. The zero-order valence-corrected chi connectivity index (χ0v) is 12.9. The molecule has 2 saturated heterocycles. The molecule has 5 N–H and O–H groups in total. The quantitative estimate of drug-likeness (QED) is 0.357. The van der Waals surface area contributed by atoms with Crippen molar-refractivity contribution in [1.82, 2.24) is 0 Å². The minimum Gasteiger partial charge on any atom is -0.394 e. The lowest BCUT2D eigenvalue weighted by molar-refractivity contribution is -0.125. The molecule has 2 fully saturated rings. The van der Waals surface area contributed by atoms with Gasteiger partial charge in [0.1, 0.15) is 30.5 Å². The van der Waals surface area contributed by atoms with Gasteiger partial charge in [0.15, 0.2) is 6.29 Å². The molecule has 2 heterocycles. The molecule has 0 aliphatic carbocycles. The Labute approximate surface area is 126 Å². The monoisotopic (exact) mass is 344 g/mol. The van der Waals surface area contributed by atoms with Crippen LogP contribution in [-0.4, -0.2) is 80.9 Å². The molecule has 22 heavy (non-hydrogen) atoms. The van der Waals surface area contributed by atoms with E-state index >= 15 is 0 Å². The predicted octanol–water partition coefficient (Wildman–Crippen LogP) is -1.90. The summed E-state index contributed by atoms with van der Waals surface area (Å²) < 4.78 is 31.7. The van der Waals surface area contributed by atoms with Gasteiger partial charge in [0, 0.05) is 0 Å². The molecule has 0 amide bonds. The Bertz CT molecular complexity index is 433. The van der Waals surface area contributed by atoms with Crippen LogP contribution in [0.4, 0.5) is 0 Å². The highest BCUT2D eigenvalue weighted by molar-refractivity contribution is 7.47. The number of phosphoric acid groups is 1. The van der Waals surface area contributed by atoms with E-state index in [4.69, 9.17) is 23.6 Å². The molecule has 11 heteroatoms. The lowest BCUT2D eigenvalue weighted by Crippen LogP contribution is -2.37. The van der Waals surface area contributed by atoms with Gasteiger partial charge in [-0.05, 0) is 13.8 Å². The first-order valence-corrected chi connectivity index (χ1v) is 8.31. The summed E-state index contributed by atoms with van der Waals surface area (Å²) in [5.74, 6) is 0. The third-order valence-electron chi connectivity index (χ3n) is 3.70. The Morgan fingerprint density at radius 1 is 1.00 bits per heavy atom. The number of aliphatic hydroxyl groups excluding tert-OH is 4. The maximum absolute atomic E-state index is 12.0. The summed E-state index contributed by atoms with van der Waals surface area (Å²) in [6.07, 6.45) is -9.33. The van der Waals surface area contributed by atoms with E-state index in [1.807, 2.05) is 0 Å². The van der Waals surface area contributed by atoms with Crippen molar-refractivity contribution in [1.29, 1.82) is 0 Å². The molecule has 0 aromatic carbocycles. The van der Waals surface area contributed by atoms with Crippen molar-refractivity contribution in [2.45, 2.75) is 62.9 Å². The van der Waals surface area contributed by atoms with Gasteiger partial charge in [-0.15, -0.1) is 0 Å². The molecule has 0 aromatic heterocycles. The smallest absolute Gasteiger partial charge is 0.394 e. The molecule has 2 aliphatic rings. The van der Waals surface area contributed by atoms with Crippen LogP contribution in [-0.2, 0) is 23.1 Å². The van der Waals surface area contributed by atoms with E-state index < -0.39 is 63.4 Å². The second kappa shape index (κ2) is 6.78. The summed E-state index contributed by atoms with van der Waals surface area (Å²) in [5.41, 5.74) is 0. The second-order valence-electron chi connectivity index (χ2n) is 5.39. The highest BCUT2D eigenvalue weighted by atomic mass is 31.2. The SMILES string of the molecule is C[C@@H]1O[C@H](OP(=O)(O)O[C@H]2[C@@H](O)[C@H](C)O[C@@H]2CO)[C@@H](O)[C@H]1O. The van der Waals surface area contributed by atoms with Crippen LogP contribution in [0.5, 0.6) is 0 Å². The Balaban J connectivity index is 2.00. The third-order valence-corrected chi connectivity index (χ3v) is 4.69. The van der Waals surface area contributed by atoms with Crippen molar-refractivity contribution >= 4 is 7.82 Å². The fourth-order valence-electron chi connectivity index (χ4n) is 2.41. The van der Waals surface area contributed by atoms with Gasteiger partial charge in [-0.2, -0.15) is 0 Å². The van der Waals surface area contributed by atoms with Crippen LogP contribution >= 0.6 is 7.82 Å². The van der Waals surface area contributed by atoms with Crippen LogP contribution in [0, 0.1) is 0 Å². The highest BCUT2D eigenvalue weighted by Crippen LogP contribution is 2.49. The number of hydrogen-bond donors (Lipinski definition) is 5. The van der Waals surface area contributed by atoms with Gasteiger partial charge in [0.05, 0.1) is 18.8 Å². The predicted molar refractivity (Wildman–Crippen MR) is 69.6 cm³/mol. The van der Waals surface area contributed by atoms with E-state index in [2.05, 4.69) is 0 Å². The van der Waals surface area contributed by atoms with Crippen molar-refractivity contribution in [2.24, 2.45) is 0 Å². The van der Waals surface area contributed by atoms with Crippen molar-refractivity contribution in [3.63, 3.8) is 0 Å². The molecule has 0 aromatic rings.